The van der Waals surface area contributed by atoms with Crippen molar-refractivity contribution >= 4 is 11.6 Å². The van der Waals surface area contributed by atoms with Gasteiger partial charge in [-0.3, -0.25) is 9.59 Å². The predicted octanol–water partition coefficient (Wildman–Crippen LogP) is 4.72. The summed E-state index contributed by atoms with van der Waals surface area (Å²) in [5.41, 5.74) is 1.17. The van der Waals surface area contributed by atoms with Crippen LogP contribution in [0.1, 0.15) is 16.7 Å². The zero-order chi connectivity index (χ0) is 28.1. The normalized spacial score (nSPS) is 13.8. The number of amides is 1. The van der Waals surface area contributed by atoms with Crippen molar-refractivity contribution in [3.05, 3.63) is 118 Å². The minimum Gasteiger partial charge on any atom is -0.481 e. The maximum atomic E-state index is 13.5. The summed E-state index contributed by atoms with van der Waals surface area (Å²) in [6.07, 6.45) is -2.99. The molecule has 0 aliphatic carbocycles. The van der Waals surface area contributed by atoms with Crippen molar-refractivity contribution in [2.75, 3.05) is 31.1 Å². The second-order valence-electron chi connectivity index (χ2n) is 9.43. The molecule has 0 atom stereocenters. The summed E-state index contributed by atoms with van der Waals surface area (Å²) in [5, 5.41) is 4.39. The zero-order valence-corrected chi connectivity index (χ0v) is 21.6. The van der Waals surface area contributed by atoms with Crippen LogP contribution in [0.3, 0.4) is 0 Å². The molecule has 5 rings (SSSR count). The first-order chi connectivity index (χ1) is 19.3. The molecular formula is C30H27F3N4O3. The Kier molecular flexibility index (Phi) is 7.86. The van der Waals surface area contributed by atoms with Gasteiger partial charge in [0.15, 0.2) is 0 Å². The van der Waals surface area contributed by atoms with Crippen LogP contribution in [0.25, 0.3) is 5.69 Å². The van der Waals surface area contributed by atoms with Gasteiger partial charge < -0.3 is 14.5 Å². The summed E-state index contributed by atoms with van der Waals surface area (Å²) in [6, 6.07) is 23.4. The summed E-state index contributed by atoms with van der Waals surface area (Å²) >= 11 is 0. The molecule has 0 N–H and O–H groups in total. The van der Waals surface area contributed by atoms with E-state index in [2.05, 4.69) is 5.10 Å². The molecular weight excluding hydrogens is 521 g/mol. The van der Waals surface area contributed by atoms with Gasteiger partial charge in [0.05, 0.1) is 23.9 Å². The highest BCUT2D eigenvalue weighted by atomic mass is 19.4. The molecule has 206 valence electrons. The van der Waals surface area contributed by atoms with E-state index in [1.54, 1.807) is 23.2 Å². The second-order valence-corrected chi connectivity index (χ2v) is 9.43. The highest BCUT2D eigenvalue weighted by Gasteiger charge is 2.31. The number of halogens is 3. The molecule has 1 saturated heterocycles. The van der Waals surface area contributed by atoms with Crippen LogP contribution in [0.5, 0.6) is 5.75 Å². The first-order valence-electron chi connectivity index (χ1n) is 12.8. The number of carbonyl (C=O) groups is 1. The summed E-state index contributed by atoms with van der Waals surface area (Å²) in [6.45, 7) is 1.70. The fourth-order valence-electron chi connectivity index (χ4n) is 4.61. The van der Waals surface area contributed by atoms with Crippen molar-refractivity contribution in [1.82, 2.24) is 14.7 Å². The summed E-state index contributed by atoms with van der Waals surface area (Å²) in [5.74, 6) is -0.0939. The van der Waals surface area contributed by atoms with E-state index in [0.717, 1.165) is 17.7 Å². The molecule has 10 heteroatoms. The molecule has 0 radical (unpaired) electrons. The number of benzene rings is 3. The number of aromatic nitrogens is 2. The third kappa shape index (κ3) is 6.17. The van der Waals surface area contributed by atoms with E-state index in [0.29, 0.717) is 43.1 Å². The van der Waals surface area contributed by atoms with Gasteiger partial charge in [0.25, 0.3) is 0 Å². The van der Waals surface area contributed by atoms with Crippen molar-refractivity contribution in [2.45, 2.75) is 19.2 Å². The number of hydrogen-bond donors (Lipinski definition) is 0. The van der Waals surface area contributed by atoms with Crippen molar-refractivity contribution in [1.29, 1.82) is 0 Å². The summed E-state index contributed by atoms with van der Waals surface area (Å²) in [7, 11) is 0. The van der Waals surface area contributed by atoms with Crippen molar-refractivity contribution < 1.29 is 22.7 Å². The number of ether oxygens (including phenoxy) is 1. The van der Waals surface area contributed by atoms with Crippen molar-refractivity contribution in [2.24, 2.45) is 0 Å². The maximum Gasteiger partial charge on any atom is 0.416 e. The van der Waals surface area contributed by atoms with Crippen LogP contribution in [-0.2, 0) is 24.0 Å². The monoisotopic (exact) mass is 548 g/mol. The molecule has 40 heavy (non-hydrogen) atoms. The van der Waals surface area contributed by atoms with Crippen LogP contribution >= 0.6 is 0 Å². The molecule has 1 aliphatic heterocycles. The fraction of sp³-hybridized carbons (Fsp3) is 0.233. The molecule has 0 saturated carbocycles. The fourth-order valence-corrected chi connectivity index (χ4v) is 4.61. The molecule has 4 aromatic rings. The molecule has 0 unspecified atom stereocenters. The van der Waals surface area contributed by atoms with E-state index in [-0.39, 0.29) is 24.7 Å². The lowest BCUT2D eigenvalue weighted by Gasteiger charge is -2.36. The van der Waals surface area contributed by atoms with Gasteiger partial charge in [-0.25, -0.2) is 0 Å². The van der Waals surface area contributed by atoms with Gasteiger partial charge in [-0.1, -0.05) is 66.7 Å². The lowest BCUT2D eigenvalue weighted by atomic mass is 10.1. The number of piperazine rings is 1. The Bertz CT molecular complexity index is 1520. The van der Waals surface area contributed by atoms with Gasteiger partial charge in [0.2, 0.25) is 11.7 Å². The minimum absolute atomic E-state index is 0.121. The van der Waals surface area contributed by atoms with Crippen LogP contribution in [-0.4, -0.2) is 46.8 Å². The standard InChI is InChI=1S/C30H27F3N4O3/c31-30(32,33)24-11-7-10-23(18-24)19-27(38)36-16-14-35(15-17-36)26-20-34-37(25-12-5-2-6-13-25)29(39)28(26)40-21-22-8-3-1-4-9-22/h1-13,18,20H,14-17,19,21H2. The van der Waals surface area contributed by atoms with Crippen molar-refractivity contribution in [3.8, 4) is 11.4 Å². The highest BCUT2D eigenvalue weighted by Crippen LogP contribution is 2.30. The molecule has 0 spiro atoms. The Morgan fingerprint density at radius 1 is 0.850 bits per heavy atom. The lowest BCUT2D eigenvalue weighted by Crippen LogP contribution is -2.49. The Balaban J connectivity index is 1.32. The van der Waals surface area contributed by atoms with Crippen LogP contribution in [0.2, 0.25) is 0 Å². The first-order valence-corrected chi connectivity index (χ1v) is 12.8. The summed E-state index contributed by atoms with van der Waals surface area (Å²) < 4.78 is 46.5. The third-order valence-electron chi connectivity index (χ3n) is 6.72. The Hall–Kier alpha value is -4.60. The second kappa shape index (κ2) is 11.6. The number of carbonyl (C=O) groups excluding carboxylic acids is 1. The van der Waals surface area contributed by atoms with E-state index < -0.39 is 17.3 Å². The lowest BCUT2D eigenvalue weighted by molar-refractivity contribution is -0.138. The number of para-hydroxylation sites is 1. The van der Waals surface area contributed by atoms with E-state index in [1.165, 1.54) is 16.8 Å². The number of alkyl halides is 3. The predicted molar refractivity (Wildman–Crippen MR) is 145 cm³/mol. The van der Waals surface area contributed by atoms with E-state index in [1.807, 2.05) is 53.4 Å². The topological polar surface area (TPSA) is 67.7 Å². The van der Waals surface area contributed by atoms with Crippen molar-refractivity contribution in [3.63, 3.8) is 0 Å². The molecule has 1 aromatic heterocycles. The third-order valence-corrected chi connectivity index (χ3v) is 6.72. The molecule has 3 aromatic carbocycles. The number of anilines is 1. The quantitative estimate of drug-likeness (QED) is 0.334. The first kappa shape index (κ1) is 27.0. The number of rotatable bonds is 7. The zero-order valence-electron chi connectivity index (χ0n) is 21.6. The van der Waals surface area contributed by atoms with Gasteiger partial charge in [-0.15, -0.1) is 0 Å². The highest BCUT2D eigenvalue weighted by molar-refractivity contribution is 5.79. The van der Waals surface area contributed by atoms with E-state index in [4.69, 9.17) is 4.74 Å². The van der Waals surface area contributed by atoms with Gasteiger partial charge in [-0.2, -0.15) is 23.0 Å². The van der Waals surface area contributed by atoms with Gasteiger partial charge in [0.1, 0.15) is 12.3 Å². The van der Waals surface area contributed by atoms with Crippen LogP contribution in [0, 0.1) is 0 Å². The maximum absolute atomic E-state index is 13.5. The number of nitrogens with zero attached hydrogens (tertiary/aromatic N) is 4. The molecule has 1 aliphatic rings. The molecule has 0 bridgehead atoms. The van der Waals surface area contributed by atoms with Crippen LogP contribution < -0.4 is 15.2 Å². The molecule has 1 fully saturated rings. The molecule has 1 amide bonds. The van der Waals surface area contributed by atoms with E-state index in [9.17, 15) is 22.8 Å². The average molecular weight is 549 g/mol. The largest absolute Gasteiger partial charge is 0.481 e. The van der Waals surface area contributed by atoms with Gasteiger partial charge >= 0.3 is 11.7 Å². The van der Waals surface area contributed by atoms with Crippen LogP contribution in [0.15, 0.2) is 95.9 Å². The number of hydrogen-bond acceptors (Lipinski definition) is 5. The van der Waals surface area contributed by atoms with Gasteiger partial charge in [0, 0.05) is 26.2 Å². The Labute approximate surface area is 229 Å². The minimum atomic E-state index is -4.46. The van der Waals surface area contributed by atoms with Crippen LogP contribution in [0.4, 0.5) is 18.9 Å². The summed E-state index contributed by atoms with van der Waals surface area (Å²) in [4.78, 5) is 30.0. The van der Waals surface area contributed by atoms with E-state index >= 15 is 0 Å². The molecule has 7 nitrogen and oxygen atoms in total. The Morgan fingerprint density at radius 3 is 2.17 bits per heavy atom. The SMILES string of the molecule is O=C(Cc1cccc(C(F)(F)F)c1)N1CCN(c2cnn(-c3ccccc3)c(=O)c2OCc2ccccc2)CC1. The smallest absolute Gasteiger partial charge is 0.416 e. The average Bonchev–Trinajstić information content (AvgIpc) is 2.97. The molecule has 2 heterocycles. The van der Waals surface area contributed by atoms with Gasteiger partial charge in [-0.05, 0) is 29.3 Å². The Morgan fingerprint density at radius 2 is 1.50 bits per heavy atom.